The fourth-order valence-corrected chi connectivity index (χ4v) is 2.13. The molecule has 2 aromatic carbocycles. The van der Waals surface area contributed by atoms with Gasteiger partial charge in [0, 0.05) is 5.56 Å². The molecule has 2 aromatic rings. The van der Waals surface area contributed by atoms with Crippen molar-refractivity contribution in [1.29, 1.82) is 0 Å². The zero-order valence-corrected chi connectivity index (χ0v) is 11.0. The summed E-state index contributed by atoms with van der Waals surface area (Å²) in [5.41, 5.74) is 2.46. The topological polar surface area (TPSA) is 38.0 Å². The van der Waals surface area contributed by atoms with E-state index in [1.165, 1.54) is 18.2 Å². The second-order valence-corrected chi connectivity index (χ2v) is 4.64. The van der Waals surface area contributed by atoms with Gasteiger partial charge in [0.1, 0.15) is 5.82 Å². The van der Waals surface area contributed by atoms with Crippen molar-refractivity contribution in [2.75, 3.05) is 0 Å². The van der Waals surface area contributed by atoms with Crippen molar-refractivity contribution in [1.82, 2.24) is 5.43 Å². The summed E-state index contributed by atoms with van der Waals surface area (Å²) in [5, 5.41) is 0. The van der Waals surface area contributed by atoms with E-state index >= 15 is 0 Å². The quantitative estimate of drug-likeness (QED) is 0.514. The van der Waals surface area contributed by atoms with Crippen LogP contribution in [-0.4, -0.2) is 0 Å². The summed E-state index contributed by atoms with van der Waals surface area (Å²) in [5.74, 6) is 4.96. The molecule has 0 aliphatic rings. The highest BCUT2D eigenvalue weighted by atomic mass is 19.4. The molecule has 2 rings (SSSR count). The monoisotopic (exact) mass is 298 g/mol. The highest BCUT2D eigenvalue weighted by molar-refractivity contribution is 5.29. The molecule has 0 amide bonds. The van der Waals surface area contributed by atoms with Crippen molar-refractivity contribution in [3.8, 4) is 0 Å². The summed E-state index contributed by atoms with van der Waals surface area (Å²) in [7, 11) is 0. The van der Waals surface area contributed by atoms with E-state index < -0.39 is 23.6 Å². The maximum Gasteiger partial charge on any atom is 0.416 e. The molecular formula is C15H14F4N2. The van der Waals surface area contributed by atoms with Gasteiger partial charge in [-0.05, 0) is 24.1 Å². The third-order valence-corrected chi connectivity index (χ3v) is 3.18. The number of rotatable bonds is 4. The zero-order chi connectivity index (χ0) is 15.5. The normalized spacial score (nSPS) is 13.2. The average Bonchev–Trinajstić information content (AvgIpc) is 2.45. The number of nitrogens with one attached hydrogen (secondary N) is 1. The van der Waals surface area contributed by atoms with Gasteiger partial charge in [-0.25, -0.2) is 4.39 Å². The van der Waals surface area contributed by atoms with Crippen molar-refractivity contribution >= 4 is 0 Å². The van der Waals surface area contributed by atoms with Gasteiger partial charge in [-0.1, -0.05) is 36.4 Å². The summed E-state index contributed by atoms with van der Waals surface area (Å²) in [6.07, 6.45) is -4.25. The van der Waals surface area contributed by atoms with E-state index in [0.29, 0.717) is 11.1 Å². The molecular weight excluding hydrogens is 284 g/mol. The molecule has 0 saturated heterocycles. The van der Waals surface area contributed by atoms with Gasteiger partial charge < -0.3 is 0 Å². The van der Waals surface area contributed by atoms with Gasteiger partial charge in [0.05, 0.1) is 11.6 Å². The summed E-state index contributed by atoms with van der Waals surface area (Å²) < 4.78 is 51.7. The van der Waals surface area contributed by atoms with Crippen molar-refractivity contribution in [2.45, 2.75) is 18.6 Å². The lowest BCUT2D eigenvalue weighted by Crippen LogP contribution is -2.30. The minimum atomic E-state index is -4.40. The maximum absolute atomic E-state index is 13.7. The number of halogens is 4. The van der Waals surface area contributed by atoms with Gasteiger partial charge in [-0.3, -0.25) is 11.3 Å². The number of hydrogen-bond acceptors (Lipinski definition) is 2. The highest BCUT2D eigenvalue weighted by Gasteiger charge is 2.30. The molecule has 21 heavy (non-hydrogen) atoms. The van der Waals surface area contributed by atoms with Gasteiger partial charge in [-0.15, -0.1) is 0 Å². The number of nitrogens with two attached hydrogens (primary N) is 1. The Morgan fingerprint density at radius 2 is 1.76 bits per heavy atom. The highest BCUT2D eigenvalue weighted by Crippen LogP contribution is 2.30. The minimum absolute atomic E-state index is 0.154. The molecule has 0 bridgehead atoms. The summed E-state index contributed by atoms with van der Waals surface area (Å²) >= 11 is 0. The summed E-state index contributed by atoms with van der Waals surface area (Å²) in [4.78, 5) is 0. The van der Waals surface area contributed by atoms with Crippen LogP contribution in [0.5, 0.6) is 0 Å². The van der Waals surface area contributed by atoms with Crippen molar-refractivity contribution in [2.24, 2.45) is 5.84 Å². The van der Waals surface area contributed by atoms with E-state index in [1.807, 2.05) is 0 Å². The van der Waals surface area contributed by atoms with Crippen molar-refractivity contribution in [3.05, 3.63) is 71.0 Å². The Hall–Kier alpha value is -1.92. The molecule has 0 aromatic heterocycles. The number of benzene rings is 2. The Balaban J connectivity index is 2.26. The second kappa shape index (κ2) is 6.24. The van der Waals surface area contributed by atoms with Crippen LogP contribution in [0.2, 0.25) is 0 Å². The fourth-order valence-electron chi connectivity index (χ4n) is 2.13. The molecule has 3 N–H and O–H groups in total. The Morgan fingerprint density at radius 3 is 2.38 bits per heavy atom. The molecule has 2 nitrogen and oxygen atoms in total. The third kappa shape index (κ3) is 3.80. The number of hydrazine groups is 1. The van der Waals surface area contributed by atoms with Crippen molar-refractivity contribution in [3.63, 3.8) is 0 Å². The lowest BCUT2D eigenvalue weighted by molar-refractivity contribution is -0.137. The fraction of sp³-hybridized carbons (Fsp3) is 0.200. The van der Waals surface area contributed by atoms with Crippen LogP contribution >= 0.6 is 0 Å². The molecule has 1 unspecified atom stereocenters. The van der Waals surface area contributed by atoms with Crippen LogP contribution in [0.4, 0.5) is 17.6 Å². The third-order valence-electron chi connectivity index (χ3n) is 3.18. The van der Waals surface area contributed by atoms with Crippen LogP contribution in [0, 0.1) is 5.82 Å². The van der Waals surface area contributed by atoms with Crippen LogP contribution < -0.4 is 11.3 Å². The molecule has 1 atom stereocenters. The smallest absolute Gasteiger partial charge is 0.271 e. The van der Waals surface area contributed by atoms with Crippen molar-refractivity contribution < 1.29 is 17.6 Å². The molecule has 0 saturated carbocycles. The van der Waals surface area contributed by atoms with E-state index in [0.717, 1.165) is 12.1 Å². The van der Waals surface area contributed by atoms with Gasteiger partial charge in [0.2, 0.25) is 0 Å². The first-order chi connectivity index (χ1) is 9.91. The SMILES string of the molecule is NNC(Cc1cccc(C(F)(F)F)c1)c1ccccc1F. The minimum Gasteiger partial charge on any atom is -0.271 e. The van der Waals surface area contributed by atoms with E-state index in [1.54, 1.807) is 18.2 Å². The predicted octanol–water partition coefficient (Wildman–Crippen LogP) is 3.59. The lowest BCUT2D eigenvalue weighted by Gasteiger charge is -2.18. The van der Waals surface area contributed by atoms with Gasteiger partial charge >= 0.3 is 6.18 Å². The number of alkyl halides is 3. The van der Waals surface area contributed by atoms with Gasteiger partial charge in [0.25, 0.3) is 0 Å². The van der Waals surface area contributed by atoms with Crippen LogP contribution in [0.15, 0.2) is 48.5 Å². The van der Waals surface area contributed by atoms with Gasteiger partial charge in [-0.2, -0.15) is 13.2 Å². The molecule has 0 spiro atoms. The number of hydrogen-bond donors (Lipinski definition) is 2. The first kappa shape index (κ1) is 15.5. The van der Waals surface area contributed by atoms with E-state index in [-0.39, 0.29) is 6.42 Å². The molecule has 0 aliphatic heterocycles. The lowest BCUT2D eigenvalue weighted by atomic mass is 9.97. The zero-order valence-electron chi connectivity index (χ0n) is 11.0. The van der Waals surface area contributed by atoms with E-state index in [4.69, 9.17) is 5.84 Å². The standard InChI is InChI=1S/C15H14F4N2/c16-13-7-2-1-6-12(13)14(21-20)9-10-4-3-5-11(8-10)15(17,18)19/h1-8,14,21H,9,20H2. The van der Waals surface area contributed by atoms with E-state index in [9.17, 15) is 17.6 Å². The maximum atomic E-state index is 13.7. The van der Waals surface area contributed by atoms with Crippen LogP contribution in [-0.2, 0) is 12.6 Å². The first-order valence-electron chi connectivity index (χ1n) is 6.28. The largest absolute Gasteiger partial charge is 0.416 e. The summed E-state index contributed by atoms with van der Waals surface area (Å²) in [6, 6.07) is 10.3. The molecule has 6 heteroatoms. The Labute approximate surface area is 119 Å². The summed E-state index contributed by atoms with van der Waals surface area (Å²) in [6.45, 7) is 0. The van der Waals surface area contributed by atoms with E-state index in [2.05, 4.69) is 5.43 Å². The first-order valence-corrected chi connectivity index (χ1v) is 6.28. The Morgan fingerprint density at radius 1 is 1.05 bits per heavy atom. The molecule has 0 fully saturated rings. The second-order valence-electron chi connectivity index (χ2n) is 4.64. The molecule has 112 valence electrons. The molecule has 0 heterocycles. The molecule has 0 radical (unpaired) electrons. The Bertz CT molecular complexity index is 611. The molecule has 0 aliphatic carbocycles. The van der Waals surface area contributed by atoms with Gasteiger partial charge in [0.15, 0.2) is 0 Å². The average molecular weight is 298 g/mol. The van der Waals surface area contributed by atoms with Crippen LogP contribution in [0.25, 0.3) is 0 Å². The Kier molecular flexibility index (Phi) is 4.59. The van der Waals surface area contributed by atoms with Crippen LogP contribution in [0.1, 0.15) is 22.7 Å². The van der Waals surface area contributed by atoms with Crippen LogP contribution in [0.3, 0.4) is 0 Å². The predicted molar refractivity (Wildman–Crippen MR) is 71.6 cm³/mol.